The number of carbonyl (C=O) groups excluding carboxylic acids is 2. The number of aromatic nitrogens is 1. The lowest BCUT2D eigenvalue weighted by Gasteiger charge is -2.35. The predicted octanol–water partition coefficient (Wildman–Crippen LogP) is 2.60. The van der Waals surface area contributed by atoms with Crippen molar-refractivity contribution in [2.24, 2.45) is 5.73 Å². The molecule has 1 aliphatic heterocycles. The Bertz CT molecular complexity index is 1060. The maximum absolute atomic E-state index is 14.0. The number of rotatable bonds is 3. The molecule has 0 radical (unpaired) electrons. The standard InChI is InChI=1S/C21H20FN3O2/c1-12-16(15-7-4-8-17(22)20(15)24-12)10-19(26)25-11-14-6-3-2-5-13(14)9-18(25)21(23)27/h2-8,18,24H,9-11H2,1H3,(H2,23,27). The summed E-state index contributed by atoms with van der Waals surface area (Å²) >= 11 is 0. The molecule has 0 saturated heterocycles. The van der Waals surface area contributed by atoms with Crippen LogP contribution in [0.4, 0.5) is 4.39 Å². The van der Waals surface area contributed by atoms with Crippen molar-refractivity contribution in [3.05, 3.63) is 70.7 Å². The topological polar surface area (TPSA) is 79.2 Å². The molecule has 2 amide bonds. The molecule has 3 N–H and O–H groups in total. The van der Waals surface area contributed by atoms with Crippen molar-refractivity contribution >= 4 is 22.7 Å². The van der Waals surface area contributed by atoms with Crippen LogP contribution in [0.15, 0.2) is 42.5 Å². The van der Waals surface area contributed by atoms with Gasteiger partial charge in [-0.05, 0) is 29.7 Å². The minimum absolute atomic E-state index is 0.0846. The fourth-order valence-corrected chi connectivity index (χ4v) is 3.89. The number of nitrogens with one attached hydrogen (secondary N) is 1. The van der Waals surface area contributed by atoms with E-state index in [0.29, 0.717) is 23.9 Å². The molecule has 2 heterocycles. The Labute approximate surface area is 156 Å². The van der Waals surface area contributed by atoms with Gasteiger partial charge in [-0.3, -0.25) is 9.59 Å². The number of hydrogen-bond acceptors (Lipinski definition) is 2. The third kappa shape index (κ3) is 2.97. The Morgan fingerprint density at radius 1 is 1.19 bits per heavy atom. The van der Waals surface area contributed by atoms with Crippen LogP contribution in [0.3, 0.4) is 0 Å². The van der Waals surface area contributed by atoms with Crippen LogP contribution in [0.5, 0.6) is 0 Å². The highest BCUT2D eigenvalue weighted by Crippen LogP contribution is 2.28. The summed E-state index contributed by atoms with van der Waals surface area (Å²) in [5, 5.41) is 0.689. The number of halogens is 1. The van der Waals surface area contributed by atoms with Crippen LogP contribution in [0, 0.1) is 12.7 Å². The fraction of sp³-hybridized carbons (Fsp3) is 0.238. The second kappa shape index (κ2) is 6.54. The smallest absolute Gasteiger partial charge is 0.240 e. The van der Waals surface area contributed by atoms with Gasteiger partial charge in [0.15, 0.2) is 0 Å². The number of primary amides is 1. The van der Waals surface area contributed by atoms with Gasteiger partial charge >= 0.3 is 0 Å². The Kier molecular flexibility index (Phi) is 4.18. The lowest BCUT2D eigenvalue weighted by molar-refractivity contribution is -0.140. The second-order valence-corrected chi connectivity index (χ2v) is 6.98. The molecule has 3 aromatic rings. The minimum atomic E-state index is -0.672. The Balaban J connectivity index is 1.67. The van der Waals surface area contributed by atoms with Crippen molar-refractivity contribution in [1.29, 1.82) is 0 Å². The molecule has 0 saturated carbocycles. The molecule has 1 unspecified atom stereocenters. The largest absolute Gasteiger partial charge is 0.368 e. The van der Waals surface area contributed by atoms with Crippen LogP contribution in [0.2, 0.25) is 0 Å². The summed E-state index contributed by atoms with van der Waals surface area (Å²) in [6.07, 6.45) is 0.500. The van der Waals surface area contributed by atoms with Crippen molar-refractivity contribution < 1.29 is 14.0 Å². The predicted molar refractivity (Wildman–Crippen MR) is 100 cm³/mol. The molecule has 6 heteroatoms. The van der Waals surface area contributed by atoms with Gasteiger partial charge in [-0.1, -0.05) is 36.4 Å². The zero-order chi connectivity index (χ0) is 19.1. The Morgan fingerprint density at radius 2 is 1.93 bits per heavy atom. The molecular formula is C21H20FN3O2. The Hall–Kier alpha value is -3.15. The molecule has 1 atom stereocenters. The van der Waals surface area contributed by atoms with E-state index in [1.54, 1.807) is 17.0 Å². The SMILES string of the molecule is Cc1[nH]c2c(F)cccc2c1CC(=O)N1Cc2ccccc2CC1C(N)=O. The summed E-state index contributed by atoms with van der Waals surface area (Å²) < 4.78 is 14.0. The van der Waals surface area contributed by atoms with E-state index < -0.39 is 11.9 Å². The van der Waals surface area contributed by atoms with E-state index in [2.05, 4.69) is 4.98 Å². The lowest BCUT2D eigenvalue weighted by atomic mass is 9.93. The van der Waals surface area contributed by atoms with Crippen LogP contribution in [0.1, 0.15) is 22.4 Å². The summed E-state index contributed by atoms with van der Waals surface area (Å²) in [5.74, 6) is -1.06. The van der Waals surface area contributed by atoms with Crippen molar-refractivity contribution in [2.75, 3.05) is 0 Å². The van der Waals surface area contributed by atoms with E-state index in [-0.39, 0.29) is 18.1 Å². The fourth-order valence-electron chi connectivity index (χ4n) is 3.89. The van der Waals surface area contributed by atoms with E-state index >= 15 is 0 Å². The van der Waals surface area contributed by atoms with E-state index in [1.165, 1.54) is 6.07 Å². The van der Waals surface area contributed by atoms with Gasteiger partial charge in [0.2, 0.25) is 11.8 Å². The normalized spacial score (nSPS) is 16.4. The van der Waals surface area contributed by atoms with E-state index in [9.17, 15) is 14.0 Å². The van der Waals surface area contributed by atoms with Gasteiger partial charge < -0.3 is 15.6 Å². The number of nitrogens with two attached hydrogens (primary N) is 1. The quantitative estimate of drug-likeness (QED) is 0.748. The highest BCUT2D eigenvalue weighted by Gasteiger charge is 2.33. The van der Waals surface area contributed by atoms with Gasteiger partial charge in [-0.25, -0.2) is 4.39 Å². The summed E-state index contributed by atoms with van der Waals surface area (Å²) in [6, 6.07) is 11.9. The summed E-state index contributed by atoms with van der Waals surface area (Å²) in [7, 11) is 0. The molecule has 1 aromatic heterocycles. The number of amides is 2. The second-order valence-electron chi connectivity index (χ2n) is 6.98. The molecular weight excluding hydrogens is 345 g/mol. The van der Waals surface area contributed by atoms with E-state index in [4.69, 9.17) is 5.73 Å². The number of hydrogen-bond donors (Lipinski definition) is 2. The van der Waals surface area contributed by atoms with Gasteiger partial charge in [0.25, 0.3) is 0 Å². The van der Waals surface area contributed by atoms with Gasteiger partial charge in [-0.15, -0.1) is 0 Å². The molecule has 138 valence electrons. The number of nitrogens with zero attached hydrogens (tertiary/aromatic N) is 1. The molecule has 27 heavy (non-hydrogen) atoms. The monoisotopic (exact) mass is 365 g/mol. The van der Waals surface area contributed by atoms with E-state index in [1.807, 2.05) is 31.2 Å². The molecule has 0 bridgehead atoms. The molecule has 4 rings (SSSR count). The highest BCUT2D eigenvalue weighted by molar-refractivity contribution is 5.93. The first-order valence-corrected chi connectivity index (χ1v) is 8.87. The van der Waals surface area contributed by atoms with Crippen LogP contribution in [-0.2, 0) is 29.0 Å². The average molecular weight is 365 g/mol. The summed E-state index contributed by atoms with van der Waals surface area (Å²) in [5.41, 5.74) is 9.52. The first kappa shape index (κ1) is 17.3. The third-order valence-corrected chi connectivity index (χ3v) is 5.33. The third-order valence-electron chi connectivity index (χ3n) is 5.33. The molecule has 1 aliphatic rings. The maximum atomic E-state index is 14.0. The first-order valence-electron chi connectivity index (χ1n) is 8.87. The van der Waals surface area contributed by atoms with Crippen LogP contribution in [-0.4, -0.2) is 27.7 Å². The van der Waals surface area contributed by atoms with Crippen LogP contribution in [0.25, 0.3) is 10.9 Å². The maximum Gasteiger partial charge on any atom is 0.240 e. The molecule has 0 spiro atoms. The number of para-hydroxylation sites is 1. The van der Waals surface area contributed by atoms with E-state index in [0.717, 1.165) is 22.4 Å². The Morgan fingerprint density at radius 3 is 2.67 bits per heavy atom. The zero-order valence-corrected chi connectivity index (χ0v) is 15.0. The van der Waals surface area contributed by atoms with Gasteiger partial charge in [0.1, 0.15) is 11.9 Å². The van der Waals surface area contributed by atoms with Gasteiger partial charge in [-0.2, -0.15) is 0 Å². The number of H-pyrrole nitrogens is 1. The highest BCUT2D eigenvalue weighted by atomic mass is 19.1. The van der Waals surface area contributed by atoms with Crippen molar-refractivity contribution in [3.63, 3.8) is 0 Å². The number of benzene rings is 2. The van der Waals surface area contributed by atoms with Crippen molar-refractivity contribution in [2.45, 2.75) is 32.4 Å². The number of fused-ring (bicyclic) bond motifs is 2. The number of aromatic amines is 1. The number of carbonyl (C=O) groups is 2. The minimum Gasteiger partial charge on any atom is -0.368 e. The zero-order valence-electron chi connectivity index (χ0n) is 15.0. The van der Waals surface area contributed by atoms with Gasteiger partial charge in [0.05, 0.1) is 11.9 Å². The lowest BCUT2D eigenvalue weighted by Crippen LogP contribution is -2.51. The summed E-state index contributed by atoms with van der Waals surface area (Å²) in [6.45, 7) is 2.16. The first-order chi connectivity index (χ1) is 13.0. The van der Waals surface area contributed by atoms with Crippen molar-refractivity contribution in [1.82, 2.24) is 9.88 Å². The average Bonchev–Trinajstić information content (AvgIpc) is 2.97. The molecule has 5 nitrogen and oxygen atoms in total. The summed E-state index contributed by atoms with van der Waals surface area (Å²) in [4.78, 5) is 29.6. The molecule has 0 fully saturated rings. The number of aryl methyl sites for hydroxylation is 1. The van der Waals surface area contributed by atoms with Crippen LogP contribution < -0.4 is 5.73 Å². The van der Waals surface area contributed by atoms with Gasteiger partial charge in [0, 0.05) is 24.0 Å². The molecule has 2 aromatic carbocycles. The molecule has 0 aliphatic carbocycles. The van der Waals surface area contributed by atoms with Crippen LogP contribution >= 0.6 is 0 Å². The van der Waals surface area contributed by atoms with Crippen molar-refractivity contribution in [3.8, 4) is 0 Å².